The van der Waals surface area contributed by atoms with Crippen molar-refractivity contribution in [1.82, 2.24) is 4.90 Å². The largest absolute Gasteiger partial charge is 0.367 e. The van der Waals surface area contributed by atoms with E-state index in [2.05, 4.69) is 47.5 Å². The van der Waals surface area contributed by atoms with Crippen molar-refractivity contribution in [3.8, 4) is 6.07 Å². The average molecular weight is 305 g/mol. The van der Waals surface area contributed by atoms with Gasteiger partial charge >= 0.3 is 0 Å². The third kappa shape index (κ3) is 3.55. The summed E-state index contributed by atoms with van der Waals surface area (Å²) < 4.78 is 0. The zero-order valence-electron chi connectivity index (χ0n) is 13.6. The van der Waals surface area contributed by atoms with Crippen LogP contribution in [0.4, 0.5) is 5.69 Å². The van der Waals surface area contributed by atoms with E-state index in [9.17, 15) is 5.26 Å². The number of nitrogens with zero attached hydrogens (tertiary/aromatic N) is 2. The summed E-state index contributed by atoms with van der Waals surface area (Å²) in [5.41, 5.74) is 1.88. The van der Waals surface area contributed by atoms with Crippen LogP contribution in [0.25, 0.3) is 0 Å². The fraction of sp³-hybridized carbons (Fsp3) is 0.350. The minimum absolute atomic E-state index is 0.269. The number of benzene rings is 2. The standard InChI is InChI=1S/C20H23N3/c1-17-14-23(15-18-8-4-2-5-9-18)13-12-20(17,16-21)22-19-10-6-3-7-11-19/h2-11,17,22H,12-15H2,1H3/t17-,20+/m0/s1. The van der Waals surface area contributed by atoms with Gasteiger partial charge < -0.3 is 5.32 Å². The highest BCUT2D eigenvalue weighted by atomic mass is 15.2. The first-order valence-corrected chi connectivity index (χ1v) is 8.23. The summed E-state index contributed by atoms with van der Waals surface area (Å²) >= 11 is 0. The lowest BCUT2D eigenvalue weighted by atomic mass is 9.79. The van der Waals surface area contributed by atoms with E-state index in [1.165, 1.54) is 5.56 Å². The van der Waals surface area contributed by atoms with Gasteiger partial charge in [-0.1, -0.05) is 55.5 Å². The molecule has 1 heterocycles. The van der Waals surface area contributed by atoms with Crippen LogP contribution in [0, 0.1) is 17.2 Å². The molecule has 0 saturated carbocycles. The maximum absolute atomic E-state index is 9.82. The molecular formula is C20H23N3. The van der Waals surface area contributed by atoms with Gasteiger partial charge in [-0.2, -0.15) is 5.26 Å². The van der Waals surface area contributed by atoms with Crippen molar-refractivity contribution in [1.29, 1.82) is 5.26 Å². The first kappa shape index (κ1) is 15.6. The molecule has 3 heteroatoms. The van der Waals surface area contributed by atoms with Gasteiger partial charge in [-0.15, -0.1) is 0 Å². The predicted molar refractivity (Wildman–Crippen MR) is 93.9 cm³/mol. The molecule has 0 aromatic heterocycles. The van der Waals surface area contributed by atoms with E-state index in [0.717, 1.165) is 31.7 Å². The van der Waals surface area contributed by atoms with Crippen molar-refractivity contribution in [3.63, 3.8) is 0 Å². The van der Waals surface area contributed by atoms with Crippen LogP contribution in [-0.2, 0) is 6.54 Å². The lowest BCUT2D eigenvalue weighted by Crippen LogP contribution is -2.54. The van der Waals surface area contributed by atoms with E-state index in [0.29, 0.717) is 0 Å². The molecule has 1 saturated heterocycles. The SMILES string of the molecule is C[C@H]1CN(Cc2ccccc2)CC[C@]1(C#N)Nc1ccccc1. The van der Waals surface area contributed by atoms with Crippen molar-refractivity contribution in [2.75, 3.05) is 18.4 Å². The third-order valence-corrected chi connectivity index (χ3v) is 4.79. The molecular weight excluding hydrogens is 282 g/mol. The van der Waals surface area contributed by atoms with Gasteiger partial charge in [0.15, 0.2) is 0 Å². The van der Waals surface area contributed by atoms with Gasteiger partial charge in [0, 0.05) is 31.2 Å². The Kier molecular flexibility index (Phi) is 4.64. The van der Waals surface area contributed by atoms with Crippen molar-refractivity contribution in [2.45, 2.75) is 25.4 Å². The van der Waals surface area contributed by atoms with Gasteiger partial charge in [0.25, 0.3) is 0 Å². The van der Waals surface area contributed by atoms with Gasteiger partial charge in [0.05, 0.1) is 6.07 Å². The molecule has 0 aliphatic carbocycles. The van der Waals surface area contributed by atoms with Crippen LogP contribution < -0.4 is 5.32 Å². The molecule has 2 aromatic carbocycles. The van der Waals surface area contributed by atoms with Crippen LogP contribution >= 0.6 is 0 Å². The van der Waals surface area contributed by atoms with Crippen LogP contribution in [0.2, 0.25) is 0 Å². The number of hydrogen-bond acceptors (Lipinski definition) is 3. The van der Waals surface area contributed by atoms with Gasteiger partial charge in [-0.25, -0.2) is 0 Å². The second-order valence-corrected chi connectivity index (χ2v) is 6.45. The fourth-order valence-corrected chi connectivity index (χ4v) is 3.36. The van der Waals surface area contributed by atoms with Gasteiger partial charge in [0.2, 0.25) is 0 Å². The first-order valence-electron chi connectivity index (χ1n) is 8.23. The maximum atomic E-state index is 9.82. The second-order valence-electron chi connectivity index (χ2n) is 6.45. The molecule has 2 atom stereocenters. The summed E-state index contributed by atoms with van der Waals surface area (Å²) in [6, 6.07) is 23.2. The highest BCUT2D eigenvalue weighted by molar-refractivity contribution is 5.48. The number of likely N-dealkylation sites (tertiary alicyclic amines) is 1. The van der Waals surface area contributed by atoms with Crippen molar-refractivity contribution < 1.29 is 0 Å². The first-order chi connectivity index (χ1) is 11.2. The number of piperidine rings is 1. The average Bonchev–Trinajstić information content (AvgIpc) is 2.59. The van der Waals surface area contributed by atoms with Crippen molar-refractivity contribution in [3.05, 3.63) is 66.2 Å². The monoisotopic (exact) mass is 305 g/mol. The Morgan fingerprint density at radius 3 is 2.39 bits per heavy atom. The fourth-order valence-electron chi connectivity index (χ4n) is 3.36. The van der Waals surface area contributed by atoms with E-state index in [1.807, 2.05) is 36.4 Å². The van der Waals surface area contributed by atoms with Crippen LogP contribution in [0.1, 0.15) is 18.9 Å². The predicted octanol–water partition coefficient (Wildman–Crippen LogP) is 3.90. The number of hydrogen-bond donors (Lipinski definition) is 1. The molecule has 3 nitrogen and oxygen atoms in total. The molecule has 0 unspecified atom stereocenters. The van der Waals surface area contributed by atoms with Crippen LogP contribution in [0.3, 0.4) is 0 Å². The number of para-hydroxylation sites is 1. The lowest BCUT2D eigenvalue weighted by Gasteiger charge is -2.43. The number of anilines is 1. The molecule has 3 rings (SSSR count). The molecule has 1 aliphatic rings. The summed E-state index contributed by atoms with van der Waals surface area (Å²) in [5.74, 6) is 0.269. The number of rotatable bonds is 4. The van der Waals surface area contributed by atoms with Gasteiger partial charge in [-0.3, -0.25) is 4.90 Å². The van der Waals surface area contributed by atoms with Crippen LogP contribution in [-0.4, -0.2) is 23.5 Å². The number of nitriles is 1. The Morgan fingerprint density at radius 1 is 1.13 bits per heavy atom. The maximum Gasteiger partial charge on any atom is 0.130 e. The van der Waals surface area contributed by atoms with E-state index >= 15 is 0 Å². The molecule has 1 fully saturated rings. The zero-order chi connectivity index (χ0) is 16.1. The summed E-state index contributed by atoms with van der Waals surface area (Å²) in [6.07, 6.45) is 0.840. The van der Waals surface area contributed by atoms with E-state index in [1.54, 1.807) is 0 Å². The smallest absolute Gasteiger partial charge is 0.130 e. The third-order valence-electron chi connectivity index (χ3n) is 4.79. The molecule has 1 N–H and O–H groups in total. The van der Waals surface area contributed by atoms with Crippen molar-refractivity contribution in [2.24, 2.45) is 5.92 Å². The summed E-state index contributed by atoms with van der Waals surface area (Å²) in [7, 11) is 0. The summed E-state index contributed by atoms with van der Waals surface area (Å²) in [4.78, 5) is 2.45. The zero-order valence-corrected chi connectivity index (χ0v) is 13.6. The summed E-state index contributed by atoms with van der Waals surface area (Å²) in [6.45, 7) is 5.00. The molecule has 0 radical (unpaired) electrons. The van der Waals surface area contributed by atoms with Gasteiger partial charge in [-0.05, 0) is 24.1 Å². The molecule has 0 amide bonds. The molecule has 118 valence electrons. The quantitative estimate of drug-likeness (QED) is 0.931. The second kappa shape index (κ2) is 6.85. The Bertz CT molecular complexity index is 662. The van der Waals surface area contributed by atoms with Gasteiger partial charge in [0.1, 0.15) is 5.54 Å². The summed E-state index contributed by atoms with van der Waals surface area (Å²) in [5, 5.41) is 13.3. The van der Waals surface area contributed by atoms with Crippen LogP contribution in [0.15, 0.2) is 60.7 Å². The Morgan fingerprint density at radius 2 is 1.78 bits per heavy atom. The topological polar surface area (TPSA) is 39.1 Å². The molecule has 23 heavy (non-hydrogen) atoms. The Balaban J connectivity index is 1.68. The minimum atomic E-state index is -0.478. The molecule has 2 aromatic rings. The molecule has 1 aliphatic heterocycles. The van der Waals surface area contributed by atoms with E-state index in [4.69, 9.17) is 0 Å². The lowest BCUT2D eigenvalue weighted by molar-refractivity contribution is 0.138. The van der Waals surface area contributed by atoms with E-state index in [-0.39, 0.29) is 5.92 Å². The minimum Gasteiger partial charge on any atom is -0.367 e. The highest BCUT2D eigenvalue weighted by Gasteiger charge is 2.40. The van der Waals surface area contributed by atoms with Crippen molar-refractivity contribution >= 4 is 5.69 Å². The normalized spacial score (nSPS) is 24.8. The molecule has 0 bridgehead atoms. The Hall–Kier alpha value is -2.31. The Labute approximate surface area is 138 Å². The van der Waals surface area contributed by atoms with Crippen LogP contribution in [0.5, 0.6) is 0 Å². The highest BCUT2D eigenvalue weighted by Crippen LogP contribution is 2.31. The molecule has 0 spiro atoms. The number of nitrogens with one attached hydrogen (secondary N) is 1. The van der Waals surface area contributed by atoms with E-state index < -0.39 is 5.54 Å².